The largest absolute Gasteiger partial charge is 0.269 e. The van der Waals surface area contributed by atoms with Crippen molar-refractivity contribution in [2.45, 2.75) is 0 Å². The molecule has 1 rings (SSSR count). The molecule has 0 aromatic heterocycles. The molecule has 0 amide bonds. The number of nitro groups is 1. The van der Waals surface area contributed by atoms with E-state index in [1.54, 1.807) is 18.2 Å². The van der Waals surface area contributed by atoms with E-state index in [0.29, 0.717) is 0 Å². The fourth-order valence-electron chi connectivity index (χ4n) is 0.818. The first kappa shape index (κ1) is 8.46. The molecule has 0 spiro atoms. The first-order chi connectivity index (χ1) is 5.74. The van der Waals surface area contributed by atoms with Crippen molar-refractivity contribution < 1.29 is 4.92 Å². The van der Waals surface area contributed by atoms with Crippen LogP contribution < -0.4 is 0 Å². The van der Waals surface area contributed by atoms with E-state index < -0.39 is 4.92 Å². The minimum absolute atomic E-state index is 0.0872. The van der Waals surface area contributed by atoms with E-state index in [9.17, 15) is 10.1 Å². The molecule has 0 aliphatic rings. The zero-order valence-corrected chi connectivity index (χ0v) is 6.31. The van der Waals surface area contributed by atoms with Crippen LogP contribution in [0.3, 0.4) is 0 Å². The van der Waals surface area contributed by atoms with Gasteiger partial charge < -0.3 is 0 Å². The van der Waals surface area contributed by atoms with Gasteiger partial charge in [-0.1, -0.05) is 12.2 Å². The van der Waals surface area contributed by atoms with E-state index in [1.165, 1.54) is 18.2 Å². The lowest BCUT2D eigenvalue weighted by atomic mass is 10.2. The smallest absolute Gasteiger partial charge is 0.258 e. The SMILES string of the molecule is [CH]C=Cc1ccc([N+](=O)[O-])cc1. The summed E-state index contributed by atoms with van der Waals surface area (Å²) in [6, 6.07) is 6.16. The molecule has 0 saturated heterocycles. The number of rotatable bonds is 2. The summed E-state index contributed by atoms with van der Waals surface area (Å²) in [7, 11) is 0. The Balaban J connectivity index is 2.93. The molecule has 0 aliphatic carbocycles. The third-order valence-electron chi connectivity index (χ3n) is 1.39. The summed E-state index contributed by atoms with van der Waals surface area (Å²) in [4.78, 5) is 9.80. The van der Waals surface area contributed by atoms with Crippen molar-refractivity contribution >= 4 is 11.8 Å². The second-order valence-corrected chi connectivity index (χ2v) is 2.21. The minimum Gasteiger partial charge on any atom is -0.258 e. The standard InChI is InChI=1S/C9H7NO2/c1-2-3-8-4-6-9(7-5-8)10(11)12/h1-7H. The van der Waals surface area contributed by atoms with Crippen molar-refractivity contribution in [2.24, 2.45) is 0 Å². The molecular weight excluding hydrogens is 154 g/mol. The zero-order chi connectivity index (χ0) is 8.97. The van der Waals surface area contributed by atoms with E-state index in [1.807, 2.05) is 0 Å². The number of nitro benzene ring substituents is 1. The Bertz CT molecular complexity index is 301. The summed E-state index contributed by atoms with van der Waals surface area (Å²) in [6.45, 7) is 5.14. The molecule has 1 aromatic rings. The number of hydrogen-bond acceptors (Lipinski definition) is 2. The molecular formula is C9H7NO2. The lowest BCUT2D eigenvalue weighted by Gasteiger charge is -1.91. The number of allylic oxidation sites excluding steroid dienone is 1. The maximum atomic E-state index is 10.2. The lowest BCUT2D eigenvalue weighted by molar-refractivity contribution is -0.384. The van der Waals surface area contributed by atoms with Crippen LogP contribution in [-0.4, -0.2) is 4.92 Å². The molecule has 0 heterocycles. The van der Waals surface area contributed by atoms with Crippen LogP contribution in [0, 0.1) is 17.0 Å². The van der Waals surface area contributed by atoms with Crippen LogP contribution >= 0.6 is 0 Å². The van der Waals surface area contributed by atoms with Gasteiger partial charge in [-0.05, 0) is 24.6 Å². The van der Waals surface area contributed by atoms with E-state index in [2.05, 4.69) is 0 Å². The molecule has 0 fully saturated rings. The summed E-state index contributed by atoms with van der Waals surface area (Å²) in [5, 5.41) is 10.2. The highest BCUT2D eigenvalue weighted by atomic mass is 16.6. The lowest BCUT2D eigenvalue weighted by Crippen LogP contribution is -1.86. The van der Waals surface area contributed by atoms with Crippen LogP contribution in [0.5, 0.6) is 0 Å². The molecule has 12 heavy (non-hydrogen) atoms. The Labute approximate surface area is 70.5 Å². The van der Waals surface area contributed by atoms with Gasteiger partial charge in [-0.2, -0.15) is 0 Å². The summed E-state index contributed by atoms with van der Waals surface area (Å²) >= 11 is 0. The monoisotopic (exact) mass is 161 g/mol. The van der Waals surface area contributed by atoms with Crippen LogP contribution in [0.2, 0.25) is 0 Å². The third-order valence-corrected chi connectivity index (χ3v) is 1.39. The van der Waals surface area contributed by atoms with Crippen molar-refractivity contribution in [3.8, 4) is 0 Å². The van der Waals surface area contributed by atoms with Gasteiger partial charge in [0.15, 0.2) is 0 Å². The van der Waals surface area contributed by atoms with Gasteiger partial charge in [-0.25, -0.2) is 0 Å². The highest BCUT2D eigenvalue weighted by Crippen LogP contribution is 2.12. The average molecular weight is 161 g/mol. The molecule has 0 N–H and O–H groups in total. The van der Waals surface area contributed by atoms with Gasteiger partial charge in [-0.3, -0.25) is 10.1 Å². The summed E-state index contributed by atoms with van der Waals surface area (Å²) in [6.07, 6.45) is 3.06. The maximum Gasteiger partial charge on any atom is 0.269 e. The molecule has 0 unspecified atom stereocenters. The van der Waals surface area contributed by atoms with Gasteiger partial charge >= 0.3 is 0 Å². The Hall–Kier alpha value is -1.64. The fraction of sp³-hybridized carbons (Fsp3) is 0. The Kier molecular flexibility index (Phi) is 2.58. The molecule has 2 radical (unpaired) electrons. The highest BCUT2D eigenvalue weighted by molar-refractivity contribution is 5.51. The Morgan fingerprint density at radius 3 is 2.33 bits per heavy atom. The van der Waals surface area contributed by atoms with Gasteiger partial charge in [0, 0.05) is 12.1 Å². The molecule has 0 atom stereocenters. The fourth-order valence-corrected chi connectivity index (χ4v) is 0.818. The molecule has 60 valence electrons. The molecule has 0 saturated carbocycles. The van der Waals surface area contributed by atoms with Crippen molar-refractivity contribution in [3.05, 3.63) is 52.9 Å². The Morgan fingerprint density at radius 1 is 1.33 bits per heavy atom. The van der Waals surface area contributed by atoms with E-state index in [4.69, 9.17) is 6.92 Å². The van der Waals surface area contributed by atoms with Gasteiger partial charge in [-0.15, -0.1) is 0 Å². The first-order valence-electron chi connectivity index (χ1n) is 3.37. The van der Waals surface area contributed by atoms with E-state index >= 15 is 0 Å². The average Bonchev–Trinajstić information content (AvgIpc) is 2.06. The van der Waals surface area contributed by atoms with Crippen LogP contribution in [0.1, 0.15) is 5.56 Å². The summed E-state index contributed by atoms with van der Waals surface area (Å²) in [5.41, 5.74) is 0.937. The molecule has 0 aliphatic heterocycles. The quantitative estimate of drug-likeness (QED) is 0.493. The third kappa shape index (κ3) is 1.92. The second kappa shape index (κ2) is 3.67. The molecule has 3 heteroatoms. The molecule has 3 nitrogen and oxygen atoms in total. The van der Waals surface area contributed by atoms with Gasteiger partial charge in [0.05, 0.1) is 4.92 Å². The van der Waals surface area contributed by atoms with Crippen molar-refractivity contribution in [1.29, 1.82) is 0 Å². The molecule has 0 bridgehead atoms. The summed E-state index contributed by atoms with van der Waals surface area (Å²) in [5.74, 6) is 0. The maximum absolute atomic E-state index is 10.2. The molecule has 1 aromatic carbocycles. The van der Waals surface area contributed by atoms with Crippen molar-refractivity contribution in [3.63, 3.8) is 0 Å². The number of nitrogens with zero attached hydrogens (tertiary/aromatic N) is 1. The van der Waals surface area contributed by atoms with Crippen LogP contribution in [-0.2, 0) is 0 Å². The van der Waals surface area contributed by atoms with Crippen LogP contribution in [0.15, 0.2) is 30.3 Å². The predicted octanol–water partition coefficient (Wildman–Crippen LogP) is 2.32. The van der Waals surface area contributed by atoms with E-state index in [0.717, 1.165) is 5.56 Å². The number of benzene rings is 1. The zero-order valence-electron chi connectivity index (χ0n) is 6.31. The summed E-state index contributed by atoms with van der Waals surface area (Å²) < 4.78 is 0. The second-order valence-electron chi connectivity index (χ2n) is 2.21. The van der Waals surface area contributed by atoms with Gasteiger partial charge in [0.1, 0.15) is 0 Å². The predicted molar refractivity (Wildman–Crippen MR) is 46.4 cm³/mol. The van der Waals surface area contributed by atoms with E-state index in [-0.39, 0.29) is 5.69 Å². The van der Waals surface area contributed by atoms with Gasteiger partial charge in [0.25, 0.3) is 5.69 Å². The van der Waals surface area contributed by atoms with Crippen molar-refractivity contribution in [2.75, 3.05) is 0 Å². The van der Waals surface area contributed by atoms with Crippen molar-refractivity contribution in [1.82, 2.24) is 0 Å². The first-order valence-corrected chi connectivity index (χ1v) is 3.37. The highest BCUT2D eigenvalue weighted by Gasteiger charge is 2.01. The topological polar surface area (TPSA) is 43.1 Å². The van der Waals surface area contributed by atoms with Crippen LogP contribution in [0.4, 0.5) is 5.69 Å². The Morgan fingerprint density at radius 2 is 1.92 bits per heavy atom. The minimum atomic E-state index is -0.435. The number of hydrogen-bond donors (Lipinski definition) is 0. The normalized spacial score (nSPS) is 10.4. The number of non-ortho nitro benzene ring substituents is 1. The van der Waals surface area contributed by atoms with Crippen LogP contribution in [0.25, 0.3) is 6.08 Å². The van der Waals surface area contributed by atoms with Gasteiger partial charge in [0.2, 0.25) is 0 Å².